The molecule has 0 amide bonds. The van der Waals surface area contributed by atoms with Crippen LogP contribution < -0.4 is 0 Å². The molecule has 38 heavy (non-hydrogen) atoms. The van der Waals surface area contributed by atoms with Gasteiger partial charge >= 0.3 is 65.6 Å². The Morgan fingerprint density at radius 3 is 0.921 bits per heavy atom. The molecule has 0 fully saturated rings. The molecule has 0 N–H and O–H groups in total. The van der Waals surface area contributed by atoms with Crippen LogP contribution in [0.15, 0.2) is 12.2 Å². The molecule has 0 spiro atoms. The molecule has 0 radical (unpaired) electrons. The third-order valence-corrected chi connectivity index (χ3v) is 4.07. The van der Waals surface area contributed by atoms with E-state index in [1.54, 1.807) is 0 Å². The zero-order valence-corrected chi connectivity index (χ0v) is 16.9. The zero-order chi connectivity index (χ0) is 30.9. The van der Waals surface area contributed by atoms with E-state index >= 15 is 0 Å². The largest absolute Gasteiger partial charge is 0.467 e. The summed E-state index contributed by atoms with van der Waals surface area (Å²) in [4.78, 5) is 10.9. The van der Waals surface area contributed by atoms with Crippen molar-refractivity contribution in [2.24, 2.45) is 0 Å². The van der Waals surface area contributed by atoms with Crippen molar-refractivity contribution in [3.05, 3.63) is 12.2 Å². The molecular formula is C14H6F22O2. The van der Waals surface area contributed by atoms with Crippen molar-refractivity contribution in [3.63, 3.8) is 0 Å². The molecule has 0 bridgehead atoms. The van der Waals surface area contributed by atoms with E-state index in [4.69, 9.17) is 0 Å². The second-order valence-electron chi connectivity index (χ2n) is 6.78. The Morgan fingerprint density at radius 1 is 0.474 bits per heavy atom. The van der Waals surface area contributed by atoms with Crippen LogP contribution in [-0.4, -0.2) is 65.6 Å². The van der Waals surface area contributed by atoms with Gasteiger partial charge in [-0.25, -0.2) is 4.79 Å². The first-order chi connectivity index (χ1) is 15.6. The predicted molar refractivity (Wildman–Crippen MR) is 74.0 cm³/mol. The van der Waals surface area contributed by atoms with E-state index in [1.807, 2.05) is 0 Å². The molecular weight excluding hydrogens is 618 g/mol. The number of esters is 1. The molecule has 0 aliphatic carbocycles. The van der Waals surface area contributed by atoms with Gasteiger partial charge in [-0.15, -0.1) is 0 Å². The Kier molecular flexibility index (Phi) is 9.35. The summed E-state index contributed by atoms with van der Waals surface area (Å²) in [5.41, 5.74) is -1.62. The van der Waals surface area contributed by atoms with Crippen molar-refractivity contribution in [3.8, 4) is 0 Å². The van der Waals surface area contributed by atoms with Gasteiger partial charge in [-0.1, -0.05) is 6.58 Å². The van der Waals surface area contributed by atoms with Crippen LogP contribution in [0, 0.1) is 0 Å². The molecule has 24 heteroatoms. The quantitative estimate of drug-likeness (QED) is 0.151. The molecule has 0 saturated heterocycles. The number of carbonyl (C=O) groups excluding carboxylic acids is 1. The molecule has 2 nitrogen and oxygen atoms in total. The van der Waals surface area contributed by atoms with Gasteiger partial charge in [0.15, 0.2) is 0 Å². The molecule has 1 unspecified atom stereocenters. The summed E-state index contributed by atoms with van der Waals surface area (Å²) in [7, 11) is 0. The van der Waals surface area contributed by atoms with Crippen molar-refractivity contribution >= 4 is 5.97 Å². The van der Waals surface area contributed by atoms with E-state index in [0.29, 0.717) is 0 Å². The highest BCUT2D eigenvalue weighted by molar-refractivity contribution is 5.87. The maximum absolute atomic E-state index is 14.0. The highest BCUT2D eigenvalue weighted by Gasteiger charge is 2.98. The van der Waals surface area contributed by atoms with Crippen LogP contribution in [0.25, 0.3) is 0 Å². The van der Waals surface area contributed by atoms with E-state index in [1.165, 1.54) is 0 Å². The minimum Gasteiger partial charge on any atom is -0.411 e. The number of hydrogen-bond donors (Lipinski definition) is 0. The first kappa shape index (κ1) is 37.8. The Hall–Kier alpha value is -2.33. The topological polar surface area (TPSA) is 26.3 Å². The van der Waals surface area contributed by atoms with E-state index in [2.05, 4.69) is 11.3 Å². The average Bonchev–Trinajstić information content (AvgIpc) is 2.64. The molecule has 0 rings (SSSR count). The third kappa shape index (κ3) is 4.68. The number of hydrogen-bond acceptors (Lipinski definition) is 2. The van der Waals surface area contributed by atoms with Crippen molar-refractivity contribution in [1.29, 1.82) is 0 Å². The summed E-state index contributed by atoms with van der Waals surface area (Å²) >= 11 is 0. The Bertz CT molecular complexity index is 895. The fraction of sp³-hybridized carbons (Fsp3) is 0.786. The number of alkyl halides is 21. The summed E-state index contributed by atoms with van der Waals surface area (Å²) in [6.45, 7) is 2.46. The van der Waals surface area contributed by atoms with Crippen molar-refractivity contribution in [2.45, 2.75) is 66.6 Å². The van der Waals surface area contributed by atoms with Gasteiger partial charge in [-0.2, -0.15) is 92.2 Å². The van der Waals surface area contributed by atoms with E-state index in [0.717, 1.165) is 0 Å². The predicted octanol–water partition coefficient (Wildman–Crippen LogP) is 7.50. The van der Waals surface area contributed by atoms with Crippen LogP contribution in [-0.2, 0) is 9.53 Å². The lowest BCUT2D eigenvalue weighted by molar-refractivity contribution is -0.484. The molecule has 0 aliphatic rings. The number of ether oxygens (including phenoxy) is 1. The molecule has 0 aromatic heterocycles. The highest BCUT2D eigenvalue weighted by atomic mass is 19.4. The number of rotatable bonds is 9. The second kappa shape index (κ2) is 9.40. The highest BCUT2D eigenvalue weighted by Crippen LogP contribution is 2.66. The average molecular weight is 624 g/mol. The van der Waals surface area contributed by atoms with Crippen molar-refractivity contribution in [2.75, 3.05) is 0 Å². The fourth-order valence-corrected chi connectivity index (χ4v) is 1.88. The summed E-state index contributed by atoms with van der Waals surface area (Å²) in [5.74, 6) is -73.9. The minimum atomic E-state index is -9.25. The van der Waals surface area contributed by atoms with Gasteiger partial charge in [-0.3, -0.25) is 4.70 Å². The fourth-order valence-electron chi connectivity index (χ4n) is 1.88. The lowest BCUT2D eigenvalue weighted by Crippen LogP contribution is -2.77. The molecule has 228 valence electrons. The minimum absolute atomic E-state index is 0. The maximum Gasteiger partial charge on any atom is 0.467 e. The van der Waals surface area contributed by atoms with Crippen LogP contribution >= 0.6 is 0 Å². The lowest BCUT2D eigenvalue weighted by Gasteiger charge is -2.44. The normalized spacial score (nSPS) is 16.9. The number of halogens is 22. The summed E-state index contributed by atoms with van der Waals surface area (Å²) in [6.07, 6.45) is -15.9. The molecule has 1 atom stereocenters. The van der Waals surface area contributed by atoms with Crippen LogP contribution in [0.5, 0.6) is 0 Å². The molecule has 0 aromatic carbocycles. The van der Waals surface area contributed by atoms with E-state index in [-0.39, 0.29) is 11.6 Å². The Morgan fingerprint density at radius 2 is 0.711 bits per heavy atom. The Labute approximate surface area is 192 Å². The van der Waals surface area contributed by atoms with Crippen molar-refractivity contribution < 1.29 is 106 Å². The zero-order valence-electron chi connectivity index (χ0n) is 16.9. The van der Waals surface area contributed by atoms with Crippen LogP contribution in [0.2, 0.25) is 0 Å². The number of carbonyl (C=O) groups is 1. The standard InChI is InChI=1S/C14H5F21O2.FH/c1-3(2)4(36)37-12(29,14(33,34)35)10(25,26)8(21,22)6(17,18)5(15,16)7(19,20)9(23,24)11(27,28)13(30,31)32;/h1H2,2H3;1H. The van der Waals surface area contributed by atoms with Gasteiger partial charge in [0.2, 0.25) is 0 Å². The summed E-state index contributed by atoms with van der Waals surface area (Å²) < 4.78 is 277. The van der Waals surface area contributed by atoms with E-state index in [9.17, 15) is 97.0 Å². The lowest BCUT2D eigenvalue weighted by atomic mass is 9.87. The third-order valence-electron chi connectivity index (χ3n) is 4.07. The van der Waals surface area contributed by atoms with Gasteiger partial charge < -0.3 is 4.74 Å². The first-order valence-corrected chi connectivity index (χ1v) is 7.93. The monoisotopic (exact) mass is 624 g/mol. The summed E-state index contributed by atoms with van der Waals surface area (Å²) in [6, 6.07) is 0. The molecule has 0 heterocycles. The first-order valence-electron chi connectivity index (χ1n) is 7.93. The van der Waals surface area contributed by atoms with Gasteiger partial charge in [0.05, 0.1) is 0 Å². The van der Waals surface area contributed by atoms with Crippen LogP contribution in [0.1, 0.15) is 6.92 Å². The molecule has 0 saturated carbocycles. The Balaban J connectivity index is 0. The molecule has 0 aliphatic heterocycles. The van der Waals surface area contributed by atoms with Gasteiger partial charge in [0.25, 0.3) is 0 Å². The van der Waals surface area contributed by atoms with Gasteiger partial charge in [-0.05, 0) is 6.92 Å². The van der Waals surface area contributed by atoms with Gasteiger partial charge in [0, 0.05) is 5.57 Å². The van der Waals surface area contributed by atoms with Crippen LogP contribution in [0.3, 0.4) is 0 Å². The van der Waals surface area contributed by atoms with Crippen LogP contribution in [0.4, 0.5) is 96.9 Å². The summed E-state index contributed by atoms with van der Waals surface area (Å²) in [5, 5.41) is 0. The van der Waals surface area contributed by atoms with Gasteiger partial charge in [0.1, 0.15) is 0 Å². The molecule has 0 aromatic rings. The smallest absolute Gasteiger partial charge is 0.411 e. The maximum atomic E-state index is 14.0. The van der Waals surface area contributed by atoms with Crippen molar-refractivity contribution in [1.82, 2.24) is 0 Å². The second-order valence-corrected chi connectivity index (χ2v) is 6.78. The SMILES string of the molecule is C=C(C)C(=O)OC(F)(C(F)(F)F)C(F)(F)C(F)(F)C(F)(F)C(F)(F)C(F)(F)C(F)(F)C(F)(F)C(F)(F)F.F. The van der Waals surface area contributed by atoms with E-state index < -0.39 is 71.2 Å².